The van der Waals surface area contributed by atoms with Crippen molar-refractivity contribution in [2.24, 2.45) is 5.92 Å². The maximum Gasteiger partial charge on any atom is 0.245 e. The van der Waals surface area contributed by atoms with Gasteiger partial charge in [0.1, 0.15) is 0 Å². The molecule has 0 aliphatic carbocycles. The second kappa shape index (κ2) is 7.54. The van der Waals surface area contributed by atoms with Gasteiger partial charge in [-0.25, -0.2) is 4.98 Å². The van der Waals surface area contributed by atoms with Gasteiger partial charge >= 0.3 is 0 Å². The van der Waals surface area contributed by atoms with Crippen molar-refractivity contribution in [3.05, 3.63) is 29.6 Å². The fourth-order valence-corrected chi connectivity index (χ4v) is 4.17. The molecule has 6 heteroatoms. The van der Waals surface area contributed by atoms with E-state index in [1.807, 2.05) is 36.7 Å². The monoisotopic (exact) mass is 358 g/mol. The second-order valence-corrected chi connectivity index (χ2v) is 7.92. The first-order valence-electron chi connectivity index (χ1n) is 8.78. The number of amides is 1. The molecule has 1 saturated heterocycles. The molecule has 1 aromatic heterocycles. The summed E-state index contributed by atoms with van der Waals surface area (Å²) in [6.45, 7) is 6.37. The van der Waals surface area contributed by atoms with Gasteiger partial charge in [-0.3, -0.25) is 14.6 Å². The van der Waals surface area contributed by atoms with E-state index < -0.39 is 0 Å². The topological polar surface area (TPSA) is 62.5 Å². The normalized spacial score (nSPS) is 18.0. The predicted octanol–water partition coefficient (Wildman–Crippen LogP) is 3.48. The van der Waals surface area contributed by atoms with E-state index in [0.717, 1.165) is 42.3 Å². The van der Waals surface area contributed by atoms with Crippen molar-refractivity contribution in [1.29, 1.82) is 0 Å². The number of rotatable bonds is 5. The van der Waals surface area contributed by atoms with E-state index in [1.54, 1.807) is 4.90 Å². The highest BCUT2D eigenvalue weighted by Crippen LogP contribution is 2.29. The van der Waals surface area contributed by atoms with Crippen molar-refractivity contribution in [2.75, 3.05) is 30.8 Å². The maximum absolute atomic E-state index is 13.0. The number of carbonyl (C=O) groups is 1. The first-order chi connectivity index (χ1) is 12.0. The summed E-state index contributed by atoms with van der Waals surface area (Å²) in [6.07, 6.45) is 2.02. The number of hydrogen-bond donors (Lipinski definition) is 1. The molecular weight excluding hydrogens is 332 g/mol. The number of nitrogen functional groups attached to an aromatic ring is 1. The molecule has 134 valence electrons. The van der Waals surface area contributed by atoms with Crippen molar-refractivity contribution < 1.29 is 4.79 Å². The minimum absolute atomic E-state index is 0.0212. The van der Waals surface area contributed by atoms with E-state index >= 15 is 0 Å². The van der Waals surface area contributed by atoms with Gasteiger partial charge in [0.05, 0.1) is 11.7 Å². The molecule has 1 aliphatic heterocycles. The van der Waals surface area contributed by atoms with Crippen molar-refractivity contribution in [3.8, 4) is 11.3 Å². The van der Waals surface area contributed by atoms with Crippen molar-refractivity contribution in [1.82, 2.24) is 9.88 Å². The molecule has 1 atom stereocenters. The van der Waals surface area contributed by atoms with Crippen molar-refractivity contribution >= 4 is 28.1 Å². The van der Waals surface area contributed by atoms with Crippen LogP contribution >= 0.6 is 11.3 Å². The van der Waals surface area contributed by atoms with E-state index in [4.69, 9.17) is 5.73 Å². The lowest BCUT2D eigenvalue weighted by molar-refractivity contribution is -0.122. The SMILES string of the molecule is CC(C)CN1CCC[C@H]1C(=O)N(C)c1nc(-c2cccc(N)c2)cs1. The van der Waals surface area contributed by atoms with Gasteiger partial charge in [0.2, 0.25) is 5.91 Å². The highest BCUT2D eigenvalue weighted by atomic mass is 32.1. The zero-order valence-corrected chi connectivity index (χ0v) is 15.9. The molecule has 1 aliphatic rings. The molecule has 1 amide bonds. The van der Waals surface area contributed by atoms with Gasteiger partial charge in [-0.15, -0.1) is 11.3 Å². The summed E-state index contributed by atoms with van der Waals surface area (Å²) in [6, 6.07) is 7.64. The Kier molecular flexibility index (Phi) is 5.39. The predicted molar refractivity (Wildman–Crippen MR) is 105 cm³/mol. The summed E-state index contributed by atoms with van der Waals surface area (Å²) in [7, 11) is 1.83. The Balaban J connectivity index is 1.74. The fraction of sp³-hybridized carbons (Fsp3) is 0.474. The van der Waals surface area contributed by atoms with Crippen LogP contribution in [0, 0.1) is 5.92 Å². The Bertz CT molecular complexity index is 743. The van der Waals surface area contributed by atoms with Crippen LogP contribution in [0.5, 0.6) is 0 Å². The molecule has 0 unspecified atom stereocenters. The molecule has 2 heterocycles. The lowest BCUT2D eigenvalue weighted by Crippen LogP contribution is -2.45. The first-order valence-corrected chi connectivity index (χ1v) is 9.66. The third-order valence-corrected chi connectivity index (χ3v) is 5.46. The standard InChI is InChI=1S/C19H26N4OS/c1-13(2)11-23-9-5-8-17(23)18(24)22(3)19-21-16(12-25-19)14-6-4-7-15(20)10-14/h4,6-7,10,12-13,17H,5,8-9,11,20H2,1-3H3/t17-/m0/s1. The smallest absolute Gasteiger partial charge is 0.245 e. The van der Waals surface area contributed by atoms with Gasteiger partial charge in [0, 0.05) is 30.2 Å². The van der Waals surface area contributed by atoms with E-state index in [2.05, 4.69) is 23.7 Å². The molecule has 1 fully saturated rings. The quantitative estimate of drug-likeness (QED) is 0.831. The Morgan fingerprint density at radius 1 is 1.48 bits per heavy atom. The van der Waals surface area contributed by atoms with Gasteiger partial charge in [0.25, 0.3) is 0 Å². The zero-order chi connectivity index (χ0) is 18.0. The van der Waals surface area contributed by atoms with Crippen LogP contribution in [0.15, 0.2) is 29.6 Å². The van der Waals surface area contributed by atoms with E-state index in [-0.39, 0.29) is 11.9 Å². The molecule has 1 aromatic carbocycles. The summed E-state index contributed by atoms with van der Waals surface area (Å²) in [5, 5.41) is 2.72. The zero-order valence-electron chi connectivity index (χ0n) is 15.1. The highest BCUT2D eigenvalue weighted by molar-refractivity contribution is 7.14. The number of thiazole rings is 1. The number of anilines is 2. The lowest BCUT2D eigenvalue weighted by atomic mass is 10.1. The van der Waals surface area contributed by atoms with E-state index in [1.165, 1.54) is 11.3 Å². The van der Waals surface area contributed by atoms with Crippen molar-refractivity contribution in [3.63, 3.8) is 0 Å². The number of likely N-dealkylation sites (tertiary alicyclic amines) is 1. The Hall–Kier alpha value is -1.92. The van der Waals surface area contributed by atoms with Gasteiger partial charge in [-0.2, -0.15) is 0 Å². The molecule has 0 saturated carbocycles. The van der Waals surface area contributed by atoms with Gasteiger partial charge in [-0.1, -0.05) is 26.0 Å². The van der Waals surface area contributed by atoms with E-state index in [0.29, 0.717) is 11.6 Å². The number of hydrogen-bond acceptors (Lipinski definition) is 5. The Labute approximate surface area is 153 Å². The number of benzene rings is 1. The van der Waals surface area contributed by atoms with Crippen LogP contribution in [0.4, 0.5) is 10.8 Å². The summed E-state index contributed by atoms with van der Waals surface area (Å²) in [5.41, 5.74) is 8.40. The summed E-state index contributed by atoms with van der Waals surface area (Å²) >= 11 is 1.50. The Morgan fingerprint density at radius 2 is 2.28 bits per heavy atom. The molecule has 25 heavy (non-hydrogen) atoms. The number of likely N-dealkylation sites (N-methyl/N-ethyl adjacent to an activating group) is 1. The molecule has 0 radical (unpaired) electrons. The number of nitrogens with zero attached hydrogens (tertiary/aromatic N) is 3. The molecule has 3 rings (SSSR count). The summed E-state index contributed by atoms with van der Waals surface area (Å²) in [4.78, 5) is 21.6. The number of nitrogens with two attached hydrogens (primary N) is 1. The summed E-state index contributed by atoms with van der Waals surface area (Å²) < 4.78 is 0. The minimum atomic E-state index is -0.0212. The Morgan fingerprint density at radius 3 is 3.00 bits per heavy atom. The van der Waals surface area contributed by atoms with Gasteiger partial charge in [0.15, 0.2) is 5.13 Å². The highest BCUT2D eigenvalue weighted by Gasteiger charge is 2.33. The van der Waals surface area contributed by atoms with Crippen molar-refractivity contribution in [2.45, 2.75) is 32.7 Å². The van der Waals surface area contributed by atoms with Crippen LogP contribution in [0.3, 0.4) is 0 Å². The van der Waals surface area contributed by atoms with E-state index in [9.17, 15) is 4.79 Å². The van der Waals surface area contributed by atoms with Crippen LogP contribution in [-0.2, 0) is 4.79 Å². The van der Waals surface area contributed by atoms with Crippen LogP contribution < -0.4 is 10.6 Å². The molecule has 2 aromatic rings. The van der Waals surface area contributed by atoms with Crippen LogP contribution in [-0.4, -0.2) is 42.0 Å². The lowest BCUT2D eigenvalue weighted by Gasteiger charge is -2.28. The molecule has 0 bridgehead atoms. The largest absolute Gasteiger partial charge is 0.399 e. The second-order valence-electron chi connectivity index (χ2n) is 7.08. The number of carbonyl (C=O) groups excluding carboxylic acids is 1. The van der Waals surface area contributed by atoms with Crippen LogP contribution in [0.2, 0.25) is 0 Å². The average molecular weight is 359 g/mol. The van der Waals surface area contributed by atoms with Crippen LogP contribution in [0.1, 0.15) is 26.7 Å². The fourth-order valence-electron chi connectivity index (χ4n) is 3.36. The molecular formula is C19H26N4OS. The number of aromatic nitrogens is 1. The van der Waals surface area contributed by atoms with Gasteiger partial charge in [-0.05, 0) is 37.4 Å². The molecule has 5 nitrogen and oxygen atoms in total. The molecule has 2 N–H and O–H groups in total. The van der Waals surface area contributed by atoms with Gasteiger partial charge < -0.3 is 5.73 Å². The minimum Gasteiger partial charge on any atom is -0.399 e. The van der Waals surface area contributed by atoms with Crippen LogP contribution in [0.25, 0.3) is 11.3 Å². The summed E-state index contributed by atoms with van der Waals surface area (Å²) in [5.74, 6) is 0.709. The first kappa shape index (κ1) is 17.9. The average Bonchev–Trinajstić information content (AvgIpc) is 3.22. The third-order valence-electron chi connectivity index (χ3n) is 4.54. The molecule has 0 spiro atoms. The third kappa shape index (κ3) is 4.02. The maximum atomic E-state index is 13.0.